The number of thioether (sulfide) groups is 1. The summed E-state index contributed by atoms with van der Waals surface area (Å²) in [6.45, 7) is 2.89. The Hall–Kier alpha value is -1.83. The van der Waals surface area contributed by atoms with Gasteiger partial charge in [-0.1, -0.05) is 12.1 Å². The van der Waals surface area contributed by atoms with Crippen LogP contribution in [0.15, 0.2) is 52.3 Å². The molecule has 2 aromatic rings. The largest absolute Gasteiger partial charge is 0.322 e. The molecule has 0 aliphatic carbocycles. The Morgan fingerprint density at radius 3 is 2.54 bits per heavy atom. The molecule has 1 amide bonds. The van der Waals surface area contributed by atoms with E-state index in [0.29, 0.717) is 24.3 Å². The molecule has 0 unspecified atom stereocenters. The van der Waals surface area contributed by atoms with Gasteiger partial charge in [0, 0.05) is 29.2 Å². The summed E-state index contributed by atoms with van der Waals surface area (Å²) in [5, 5.41) is 2.86. The van der Waals surface area contributed by atoms with Gasteiger partial charge in [0.1, 0.15) is 0 Å². The highest BCUT2D eigenvalue weighted by atomic mass is 32.2. The van der Waals surface area contributed by atoms with E-state index in [1.54, 1.807) is 30.8 Å². The molecular formula is C19H22N2O3S2. The van der Waals surface area contributed by atoms with Crippen LogP contribution in [0.25, 0.3) is 0 Å². The first-order chi connectivity index (χ1) is 12.4. The Morgan fingerprint density at radius 2 is 1.85 bits per heavy atom. The topological polar surface area (TPSA) is 66.5 Å². The van der Waals surface area contributed by atoms with Gasteiger partial charge in [0.05, 0.1) is 4.90 Å². The number of sulfonamides is 1. The van der Waals surface area contributed by atoms with Gasteiger partial charge in [-0.25, -0.2) is 8.42 Å². The van der Waals surface area contributed by atoms with E-state index >= 15 is 0 Å². The van der Waals surface area contributed by atoms with Crippen LogP contribution in [-0.4, -0.2) is 38.0 Å². The number of amides is 1. The molecular weight excluding hydrogens is 368 g/mol. The highest BCUT2D eigenvalue weighted by Crippen LogP contribution is 2.24. The van der Waals surface area contributed by atoms with E-state index < -0.39 is 10.0 Å². The minimum absolute atomic E-state index is 0.174. The van der Waals surface area contributed by atoms with E-state index in [2.05, 4.69) is 5.32 Å². The van der Waals surface area contributed by atoms with Crippen molar-refractivity contribution in [3.8, 4) is 0 Å². The molecule has 1 aliphatic rings. The summed E-state index contributed by atoms with van der Waals surface area (Å²) in [6.07, 6.45) is 3.73. The monoisotopic (exact) mass is 390 g/mol. The van der Waals surface area contributed by atoms with Gasteiger partial charge in [-0.2, -0.15) is 4.31 Å². The molecule has 1 heterocycles. The fourth-order valence-corrected chi connectivity index (χ4v) is 4.99. The molecule has 0 spiro atoms. The van der Waals surface area contributed by atoms with Crippen molar-refractivity contribution in [2.45, 2.75) is 29.6 Å². The van der Waals surface area contributed by atoms with Crippen LogP contribution in [0.1, 0.15) is 28.8 Å². The van der Waals surface area contributed by atoms with Crippen molar-refractivity contribution in [2.75, 3.05) is 24.7 Å². The fraction of sp³-hybridized carbons (Fsp3) is 0.316. The normalized spacial score (nSPS) is 15.2. The first-order valence-corrected chi connectivity index (χ1v) is 11.1. The molecule has 7 heteroatoms. The molecule has 1 saturated heterocycles. The smallest absolute Gasteiger partial charge is 0.255 e. The van der Waals surface area contributed by atoms with Gasteiger partial charge in [0.15, 0.2) is 0 Å². The zero-order chi connectivity index (χ0) is 18.7. The summed E-state index contributed by atoms with van der Waals surface area (Å²) in [5.74, 6) is -0.306. The molecule has 5 nitrogen and oxygen atoms in total. The molecule has 1 aliphatic heterocycles. The molecule has 138 valence electrons. The van der Waals surface area contributed by atoms with Crippen LogP contribution in [0.2, 0.25) is 0 Å². The van der Waals surface area contributed by atoms with Crippen molar-refractivity contribution >= 4 is 33.4 Å². The van der Waals surface area contributed by atoms with Crippen LogP contribution in [-0.2, 0) is 10.0 Å². The molecule has 0 radical (unpaired) electrons. The number of nitrogens with one attached hydrogen (secondary N) is 1. The minimum atomic E-state index is -3.55. The zero-order valence-corrected chi connectivity index (χ0v) is 16.5. The zero-order valence-electron chi connectivity index (χ0n) is 14.9. The molecule has 1 N–H and O–H groups in total. The fourth-order valence-electron chi connectivity index (χ4n) is 2.98. The lowest BCUT2D eigenvalue weighted by molar-refractivity contribution is 0.102. The van der Waals surface area contributed by atoms with Gasteiger partial charge in [-0.15, -0.1) is 11.8 Å². The van der Waals surface area contributed by atoms with Crippen LogP contribution < -0.4 is 5.32 Å². The predicted molar refractivity (Wildman–Crippen MR) is 105 cm³/mol. The van der Waals surface area contributed by atoms with Crippen molar-refractivity contribution in [3.63, 3.8) is 0 Å². The number of hydrogen-bond donors (Lipinski definition) is 1. The summed E-state index contributed by atoms with van der Waals surface area (Å²) in [7, 11) is -3.55. The highest BCUT2D eigenvalue weighted by Gasteiger charge is 2.28. The van der Waals surface area contributed by atoms with Gasteiger partial charge in [0.2, 0.25) is 10.0 Å². The first kappa shape index (κ1) is 18.9. The van der Waals surface area contributed by atoms with Gasteiger partial charge in [-0.05, 0) is 61.9 Å². The van der Waals surface area contributed by atoms with Crippen molar-refractivity contribution in [1.29, 1.82) is 0 Å². The summed E-state index contributed by atoms with van der Waals surface area (Å²) >= 11 is 1.59. The molecule has 0 bridgehead atoms. The minimum Gasteiger partial charge on any atom is -0.322 e. The van der Waals surface area contributed by atoms with Gasteiger partial charge >= 0.3 is 0 Å². The van der Waals surface area contributed by atoms with E-state index in [1.807, 2.05) is 30.5 Å². The average Bonchev–Trinajstić information content (AvgIpc) is 3.17. The summed E-state index contributed by atoms with van der Waals surface area (Å²) in [4.78, 5) is 13.9. The molecule has 2 aromatic carbocycles. The number of aryl methyl sites for hydroxylation is 1. The van der Waals surface area contributed by atoms with Crippen molar-refractivity contribution in [1.82, 2.24) is 4.31 Å². The number of rotatable bonds is 5. The summed E-state index contributed by atoms with van der Waals surface area (Å²) < 4.78 is 27.0. The maximum atomic E-state index is 12.8. The Kier molecular flexibility index (Phi) is 5.70. The predicted octanol–water partition coefficient (Wildman–Crippen LogP) is 3.75. The van der Waals surface area contributed by atoms with Crippen LogP contribution in [0, 0.1) is 6.92 Å². The Labute approximate surface area is 158 Å². The lowest BCUT2D eigenvalue weighted by Gasteiger charge is -2.17. The van der Waals surface area contributed by atoms with Crippen LogP contribution in [0.3, 0.4) is 0 Å². The van der Waals surface area contributed by atoms with Crippen molar-refractivity contribution in [3.05, 3.63) is 53.6 Å². The lowest BCUT2D eigenvalue weighted by Crippen LogP contribution is -2.28. The number of carbonyl (C=O) groups excluding carboxylic acids is 1. The molecule has 0 aromatic heterocycles. The Bertz CT molecular complexity index is 920. The van der Waals surface area contributed by atoms with E-state index in [0.717, 1.165) is 23.3 Å². The summed E-state index contributed by atoms with van der Waals surface area (Å²) in [6, 6.07) is 12.3. The summed E-state index contributed by atoms with van der Waals surface area (Å²) in [5.41, 5.74) is 1.80. The highest BCUT2D eigenvalue weighted by molar-refractivity contribution is 7.98. The Balaban J connectivity index is 1.88. The number of anilines is 1. The maximum Gasteiger partial charge on any atom is 0.255 e. The molecule has 0 saturated carbocycles. The van der Waals surface area contributed by atoms with Gasteiger partial charge in [0.25, 0.3) is 5.91 Å². The van der Waals surface area contributed by atoms with E-state index in [9.17, 15) is 13.2 Å². The van der Waals surface area contributed by atoms with Crippen LogP contribution in [0.4, 0.5) is 5.69 Å². The third-order valence-electron chi connectivity index (χ3n) is 4.48. The quantitative estimate of drug-likeness (QED) is 0.790. The van der Waals surface area contributed by atoms with E-state index in [4.69, 9.17) is 0 Å². The molecule has 1 fully saturated rings. The second kappa shape index (κ2) is 7.82. The second-order valence-corrected chi connectivity index (χ2v) is 9.09. The number of hydrogen-bond acceptors (Lipinski definition) is 4. The van der Waals surface area contributed by atoms with Crippen molar-refractivity contribution < 1.29 is 13.2 Å². The standard InChI is InChI=1S/C19H22N2O3S2/c1-14-8-9-17(26(23,24)21-10-3-4-11-21)13-18(14)19(22)20-15-6-5-7-16(12-15)25-2/h5-9,12-13H,3-4,10-11H2,1-2H3,(H,20,22). The molecule has 3 rings (SSSR count). The van der Waals surface area contributed by atoms with Crippen LogP contribution >= 0.6 is 11.8 Å². The van der Waals surface area contributed by atoms with Crippen LogP contribution in [0.5, 0.6) is 0 Å². The van der Waals surface area contributed by atoms with E-state index in [-0.39, 0.29) is 10.8 Å². The second-order valence-electron chi connectivity index (χ2n) is 6.27. The third-order valence-corrected chi connectivity index (χ3v) is 7.10. The molecule has 0 atom stereocenters. The van der Waals surface area contributed by atoms with Gasteiger partial charge in [-0.3, -0.25) is 4.79 Å². The third kappa shape index (κ3) is 3.95. The van der Waals surface area contributed by atoms with Crippen molar-refractivity contribution in [2.24, 2.45) is 0 Å². The molecule has 26 heavy (non-hydrogen) atoms. The Morgan fingerprint density at radius 1 is 1.12 bits per heavy atom. The maximum absolute atomic E-state index is 12.8. The first-order valence-electron chi connectivity index (χ1n) is 8.48. The van der Waals surface area contributed by atoms with Gasteiger partial charge < -0.3 is 5.32 Å². The SMILES string of the molecule is CSc1cccc(NC(=O)c2cc(S(=O)(=O)N3CCCC3)ccc2C)c1. The number of benzene rings is 2. The lowest BCUT2D eigenvalue weighted by atomic mass is 10.1. The number of nitrogens with zero attached hydrogens (tertiary/aromatic N) is 1. The number of carbonyl (C=O) groups is 1. The average molecular weight is 391 g/mol. The van der Waals surface area contributed by atoms with E-state index in [1.165, 1.54) is 10.4 Å².